The Labute approximate surface area is 119 Å². The topological polar surface area (TPSA) is 68.0 Å². The molecular formula is C13H14FN3O2S. The van der Waals surface area contributed by atoms with E-state index in [9.17, 15) is 14.3 Å². The van der Waals surface area contributed by atoms with Gasteiger partial charge in [-0.15, -0.1) is 10.2 Å². The summed E-state index contributed by atoms with van der Waals surface area (Å²) in [6.45, 7) is 3.11. The molecule has 0 atom stereocenters. The number of benzene rings is 1. The number of carbonyl (C=O) groups excluding carboxylic acids is 1. The summed E-state index contributed by atoms with van der Waals surface area (Å²) in [6.07, 6.45) is 0. The third-order valence-corrected chi connectivity index (χ3v) is 4.01. The van der Waals surface area contributed by atoms with E-state index in [0.717, 1.165) is 11.9 Å². The summed E-state index contributed by atoms with van der Waals surface area (Å²) < 4.78 is 15.3. The maximum Gasteiger partial charge on any atom is 0.191 e. The quantitative estimate of drug-likeness (QED) is 0.693. The van der Waals surface area contributed by atoms with Crippen LogP contribution in [0.1, 0.15) is 28.7 Å². The Balaban J connectivity index is 2.26. The summed E-state index contributed by atoms with van der Waals surface area (Å²) in [5.74, 6) is -0.0262. The van der Waals surface area contributed by atoms with Gasteiger partial charge in [-0.3, -0.25) is 4.79 Å². The molecule has 1 aromatic carbocycles. The van der Waals surface area contributed by atoms with Crippen LogP contribution in [-0.2, 0) is 12.8 Å². The summed E-state index contributed by atoms with van der Waals surface area (Å²) in [7, 11) is 1.82. The molecule has 5 nitrogen and oxygen atoms in total. The molecule has 2 aromatic rings. The van der Waals surface area contributed by atoms with E-state index < -0.39 is 5.82 Å². The Hall–Kier alpha value is -1.89. The van der Waals surface area contributed by atoms with Gasteiger partial charge in [-0.25, -0.2) is 4.39 Å². The third kappa shape index (κ3) is 2.82. The minimum atomic E-state index is -0.544. The number of hydrogen-bond donors (Lipinski definition) is 1. The van der Waals surface area contributed by atoms with E-state index in [4.69, 9.17) is 0 Å². The maximum atomic E-state index is 13.5. The van der Waals surface area contributed by atoms with Gasteiger partial charge in [0.1, 0.15) is 17.4 Å². The summed E-state index contributed by atoms with van der Waals surface area (Å²) in [5.41, 5.74) is 0.357. The number of carbonyl (C=O) groups is 1. The molecule has 0 radical (unpaired) electrons. The normalized spacial score (nSPS) is 10.8. The average Bonchev–Trinajstić information content (AvgIpc) is 2.70. The summed E-state index contributed by atoms with van der Waals surface area (Å²) in [6, 6.07) is 2.26. The smallest absolute Gasteiger partial charge is 0.191 e. The van der Waals surface area contributed by atoms with Crippen molar-refractivity contribution in [1.82, 2.24) is 14.8 Å². The standard InChI is InChI=1S/C13H14FN3O2S/c1-7(18)11-5-10(14)4-9(12(11)19)6-20-13-16-15-8(2)17(13)3/h4-5,19H,6H2,1-3H3. The van der Waals surface area contributed by atoms with Gasteiger partial charge in [0.15, 0.2) is 10.9 Å². The highest BCUT2D eigenvalue weighted by Crippen LogP contribution is 2.30. The minimum absolute atomic E-state index is 0.00486. The van der Waals surface area contributed by atoms with Crippen molar-refractivity contribution in [3.8, 4) is 5.75 Å². The zero-order valence-electron chi connectivity index (χ0n) is 11.3. The number of Topliss-reactive ketones (excluding diaryl/α,β-unsaturated/α-hetero) is 1. The first-order valence-electron chi connectivity index (χ1n) is 5.91. The second kappa shape index (κ2) is 5.62. The van der Waals surface area contributed by atoms with Crippen molar-refractivity contribution in [1.29, 1.82) is 0 Å². The Bertz CT molecular complexity index is 670. The van der Waals surface area contributed by atoms with E-state index in [-0.39, 0.29) is 17.1 Å². The van der Waals surface area contributed by atoms with Crippen molar-refractivity contribution >= 4 is 17.5 Å². The van der Waals surface area contributed by atoms with Crippen LogP contribution in [0.5, 0.6) is 5.75 Å². The summed E-state index contributed by atoms with van der Waals surface area (Å²) in [4.78, 5) is 11.3. The third-order valence-electron chi connectivity index (χ3n) is 2.94. The molecule has 2 rings (SSSR count). The number of halogens is 1. The molecule has 0 fully saturated rings. The average molecular weight is 295 g/mol. The van der Waals surface area contributed by atoms with Crippen molar-refractivity contribution in [2.75, 3.05) is 0 Å². The number of aryl methyl sites for hydroxylation is 1. The molecule has 7 heteroatoms. The van der Waals surface area contributed by atoms with E-state index in [2.05, 4.69) is 10.2 Å². The van der Waals surface area contributed by atoms with Crippen molar-refractivity contribution < 1.29 is 14.3 Å². The van der Waals surface area contributed by atoms with E-state index in [0.29, 0.717) is 16.5 Å². The molecule has 0 aliphatic rings. The zero-order chi connectivity index (χ0) is 14.9. The molecule has 0 bridgehead atoms. The van der Waals surface area contributed by atoms with Crippen LogP contribution in [0.2, 0.25) is 0 Å². The number of nitrogens with zero attached hydrogens (tertiary/aromatic N) is 3. The predicted molar refractivity (Wildman–Crippen MR) is 73.4 cm³/mol. The number of phenolic OH excluding ortho intramolecular Hbond substituents is 1. The highest BCUT2D eigenvalue weighted by molar-refractivity contribution is 7.98. The lowest BCUT2D eigenvalue weighted by Gasteiger charge is -2.08. The van der Waals surface area contributed by atoms with Crippen LogP contribution in [0.3, 0.4) is 0 Å². The van der Waals surface area contributed by atoms with Crippen LogP contribution in [0, 0.1) is 12.7 Å². The van der Waals surface area contributed by atoms with Crippen molar-refractivity contribution in [3.05, 3.63) is 34.9 Å². The molecule has 0 aliphatic carbocycles. The second-order valence-electron chi connectivity index (χ2n) is 4.39. The van der Waals surface area contributed by atoms with Gasteiger partial charge in [0.05, 0.1) is 5.56 Å². The Morgan fingerprint density at radius 1 is 1.45 bits per heavy atom. The first-order chi connectivity index (χ1) is 9.40. The number of aromatic hydroxyl groups is 1. The van der Waals surface area contributed by atoms with Crippen LogP contribution >= 0.6 is 11.8 Å². The number of rotatable bonds is 4. The van der Waals surface area contributed by atoms with E-state index >= 15 is 0 Å². The van der Waals surface area contributed by atoms with Crippen LogP contribution in [0.25, 0.3) is 0 Å². The molecule has 20 heavy (non-hydrogen) atoms. The van der Waals surface area contributed by atoms with E-state index in [1.54, 1.807) is 4.57 Å². The van der Waals surface area contributed by atoms with Gasteiger partial charge in [0.25, 0.3) is 0 Å². The number of phenols is 1. The van der Waals surface area contributed by atoms with Gasteiger partial charge in [-0.05, 0) is 26.0 Å². The molecule has 0 spiro atoms. The molecule has 0 saturated heterocycles. The summed E-state index contributed by atoms with van der Waals surface area (Å²) >= 11 is 1.32. The zero-order valence-corrected chi connectivity index (χ0v) is 12.2. The fraction of sp³-hybridized carbons (Fsp3) is 0.308. The van der Waals surface area contributed by atoms with Crippen LogP contribution in [0.4, 0.5) is 4.39 Å². The minimum Gasteiger partial charge on any atom is -0.507 e. The van der Waals surface area contributed by atoms with Crippen molar-refractivity contribution in [2.24, 2.45) is 7.05 Å². The van der Waals surface area contributed by atoms with Gasteiger partial charge < -0.3 is 9.67 Å². The van der Waals surface area contributed by atoms with E-state index in [1.807, 2.05) is 14.0 Å². The van der Waals surface area contributed by atoms with Gasteiger partial charge >= 0.3 is 0 Å². The number of aromatic nitrogens is 3. The highest BCUT2D eigenvalue weighted by Gasteiger charge is 2.15. The Kier molecular flexibility index (Phi) is 4.08. The van der Waals surface area contributed by atoms with Crippen LogP contribution in [0.15, 0.2) is 17.3 Å². The largest absolute Gasteiger partial charge is 0.507 e. The van der Waals surface area contributed by atoms with Crippen LogP contribution in [-0.4, -0.2) is 25.7 Å². The molecule has 1 heterocycles. The first kappa shape index (κ1) is 14.5. The molecule has 1 N–H and O–H groups in total. The molecule has 0 saturated carbocycles. The molecular weight excluding hydrogens is 281 g/mol. The highest BCUT2D eigenvalue weighted by atomic mass is 32.2. The molecule has 1 aromatic heterocycles. The van der Waals surface area contributed by atoms with Gasteiger partial charge in [0, 0.05) is 18.4 Å². The fourth-order valence-corrected chi connectivity index (χ4v) is 2.62. The van der Waals surface area contributed by atoms with Crippen molar-refractivity contribution in [2.45, 2.75) is 24.8 Å². The predicted octanol–water partition coefficient (Wildman–Crippen LogP) is 2.46. The lowest BCUT2D eigenvalue weighted by molar-refractivity contribution is 0.101. The number of hydrogen-bond acceptors (Lipinski definition) is 5. The van der Waals surface area contributed by atoms with Crippen molar-refractivity contribution in [3.63, 3.8) is 0 Å². The molecule has 0 unspecified atom stereocenters. The second-order valence-corrected chi connectivity index (χ2v) is 5.34. The van der Waals surface area contributed by atoms with Gasteiger partial charge in [0.2, 0.25) is 0 Å². The lowest BCUT2D eigenvalue weighted by atomic mass is 10.1. The SMILES string of the molecule is CC(=O)c1cc(F)cc(CSc2nnc(C)n2C)c1O. The van der Waals surface area contributed by atoms with Crippen LogP contribution < -0.4 is 0 Å². The fourth-order valence-electron chi connectivity index (χ4n) is 1.69. The molecule has 0 amide bonds. The van der Waals surface area contributed by atoms with E-state index in [1.165, 1.54) is 24.8 Å². The number of ketones is 1. The monoisotopic (exact) mass is 295 g/mol. The van der Waals surface area contributed by atoms with Gasteiger partial charge in [-0.1, -0.05) is 11.8 Å². The maximum absolute atomic E-state index is 13.5. The number of thioether (sulfide) groups is 1. The Morgan fingerprint density at radius 2 is 2.15 bits per heavy atom. The Morgan fingerprint density at radius 3 is 2.70 bits per heavy atom. The molecule has 0 aliphatic heterocycles. The first-order valence-corrected chi connectivity index (χ1v) is 6.90. The molecule has 106 valence electrons. The summed E-state index contributed by atoms with van der Waals surface area (Å²) in [5, 5.41) is 18.5. The lowest BCUT2D eigenvalue weighted by Crippen LogP contribution is -1.98. The van der Waals surface area contributed by atoms with Gasteiger partial charge in [-0.2, -0.15) is 0 Å².